The van der Waals surface area contributed by atoms with E-state index in [0.717, 1.165) is 5.56 Å². The van der Waals surface area contributed by atoms with E-state index in [1.807, 2.05) is 0 Å². The number of aliphatic hydroxyl groups is 2. The maximum absolute atomic E-state index is 12.5. The zero-order valence-electron chi connectivity index (χ0n) is 17.5. The SMILES string of the molecule is O=S(=O)(Nc1cc([C@@H](O)CN[C@@H](O)CCc2ccc(O)c(Cl)c2)ccc1O)c1ccccc1. The number of aliphatic hydroxyl groups excluding tert-OH is 2. The molecular formula is C23H25ClN2O6S. The van der Waals surface area contributed by atoms with Crippen LogP contribution in [0.2, 0.25) is 5.02 Å². The number of sulfonamides is 1. The quantitative estimate of drug-likeness (QED) is 0.189. The molecule has 0 aliphatic rings. The lowest BCUT2D eigenvalue weighted by Gasteiger charge is -2.18. The van der Waals surface area contributed by atoms with Crippen molar-refractivity contribution in [1.82, 2.24) is 5.32 Å². The lowest BCUT2D eigenvalue weighted by Crippen LogP contribution is -2.33. The zero-order chi connectivity index (χ0) is 24.0. The van der Waals surface area contributed by atoms with E-state index in [1.54, 1.807) is 30.3 Å². The van der Waals surface area contributed by atoms with Crippen molar-refractivity contribution < 1.29 is 28.8 Å². The maximum atomic E-state index is 12.5. The van der Waals surface area contributed by atoms with Crippen molar-refractivity contribution in [2.24, 2.45) is 0 Å². The minimum Gasteiger partial charge on any atom is -0.506 e. The minimum atomic E-state index is -3.92. The van der Waals surface area contributed by atoms with Crippen LogP contribution in [0.3, 0.4) is 0 Å². The van der Waals surface area contributed by atoms with Gasteiger partial charge in [0.1, 0.15) is 17.7 Å². The summed E-state index contributed by atoms with van der Waals surface area (Å²) in [5.74, 6) is -0.299. The predicted octanol–water partition coefficient (Wildman–Crippen LogP) is 3.13. The first-order valence-electron chi connectivity index (χ1n) is 10.1. The maximum Gasteiger partial charge on any atom is 0.262 e. The van der Waals surface area contributed by atoms with Crippen molar-refractivity contribution in [3.8, 4) is 11.5 Å². The van der Waals surface area contributed by atoms with Crippen LogP contribution in [0, 0.1) is 0 Å². The second-order valence-corrected chi connectivity index (χ2v) is 9.55. The highest BCUT2D eigenvalue weighted by molar-refractivity contribution is 7.92. The van der Waals surface area contributed by atoms with Crippen LogP contribution in [-0.4, -0.2) is 41.6 Å². The van der Waals surface area contributed by atoms with Crippen LogP contribution in [0.25, 0.3) is 0 Å². The minimum absolute atomic E-state index is 0.00679. The molecule has 8 nitrogen and oxygen atoms in total. The van der Waals surface area contributed by atoms with Crippen LogP contribution in [0.4, 0.5) is 5.69 Å². The number of halogens is 1. The van der Waals surface area contributed by atoms with Gasteiger partial charge in [-0.3, -0.25) is 10.0 Å². The Morgan fingerprint density at radius 1 is 0.909 bits per heavy atom. The molecule has 0 aliphatic carbocycles. The third-order valence-corrected chi connectivity index (χ3v) is 6.65. The zero-order valence-corrected chi connectivity index (χ0v) is 19.1. The normalized spacial score (nSPS) is 13.4. The molecule has 3 aromatic rings. The first-order valence-corrected chi connectivity index (χ1v) is 12.0. The molecule has 0 saturated heterocycles. The van der Waals surface area contributed by atoms with Gasteiger partial charge < -0.3 is 20.4 Å². The van der Waals surface area contributed by atoms with Crippen molar-refractivity contribution in [3.63, 3.8) is 0 Å². The van der Waals surface area contributed by atoms with E-state index in [9.17, 15) is 28.8 Å². The van der Waals surface area contributed by atoms with Gasteiger partial charge in [0.2, 0.25) is 0 Å². The number of benzene rings is 3. The molecule has 10 heteroatoms. The average Bonchev–Trinajstić information content (AvgIpc) is 2.80. The van der Waals surface area contributed by atoms with Crippen molar-refractivity contribution in [2.75, 3.05) is 11.3 Å². The lowest BCUT2D eigenvalue weighted by atomic mass is 10.1. The molecule has 0 bridgehead atoms. The predicted molar refractivity (Wildman–Crippen MR) is 126 cm³/mol. The first-order chi connectivity index (χ1) is 15.7. The Balaban J connectivity index is 1.58. The smallest absolute Gasteiger partial charge is 0.262 e. The third kappa shape index (κ3) is 6.83. The van der Waals surface area contributed by atoms with Crippen molar-refractivity contribution in [3.05, 3.63) is 82.9 Å². The first kappa shape index (κ1) is 24.8. The van der Waals surface area contributed by atoms with E-state index < -0.39 is 22.4 Å². The van der Waals surface area contributed by atoms with Gasteiger partial charge in [-0.1, -0.05) is 41.9 Å². The van der Waals surface area contributed by atoms with Gasteiger partial charge >= 0.3 is 0 Å². The Hall–Kier alpha value is -2.82. The fraction of sp³-hybridized carbons (Fsp3) is 0.217. The highest BCUT2D eigenvalue weighted by atomic mass is 35.5. The fourth-order valence-electron chi connectivity index (χ4n) is 3.12. The molecule has 0 aliphatic heterocycles. The Kier molecular flexibility index (Phi) is 8.17. The summed E-state index contributed by atoms with van der Waals surface area (Å²) in [5.41, 5.74) is 1.12. The topological polar surface area (TPSA) is 139 Å². The standard InChI is InChI=1S/C23H25ClN2O6S/c24-18-12-15(6-9-20(18)27)7-11-23(30)25-14-22(29)16-8-10-21(28)19(13-16)26-33(31,32)17-4-2-1-3-5-17/h1-6,8-10,12-13,22-23,25-30H,7,11,14H2/t22-,23-/m0/s1. The summed E-state index contributed by atoms with van der Waals surface area (Å²) in [5, 5.41) is 43.2. The molecular weight excluding hydrogens is 468 g/mol. The Morgan fingerprint density at radius 2 is 1.61 bits per heavy atom. The molecule has 0 saturated carbocycles. The molecule has 176 valence electrons. The van der Waals surface area contributed by atoms with Crippen LogP contribution >= 0.6 is 11.6 Å². The number of nitrogens with one attached hydrogen (secondary N) is 2. The highest BCUT2D eigenvalue weighted by Crippen LogP contribution is 2.29. The molecule has 0 aromatic heterocycles. The molecule has 0 heterocycles. The summed E-state index contributed by atoms with van der Waals surface area (Å²) in [6.45, 7) is -0.00679. The van der Waals surface area contributed by atoms with E-state index in [1.165, 1.54) is 36.4 Å². The summed E-state index contributed by atoms with van der Waals surface area (Å²) in [6.07, 6.45) is -1.15. The van der Waals surface area contributed by atoms with Gasteiger partial charge in [-0.25, -0.2) is 8.42 Å². The number of phenolic OH excluding ortho intramolecular Hbond substituents is 2. The van der Waals surface area contributed by atoms with Gasteiger partial charge in [0.05, 0.1) is 21.7 Å². The van der Waals surface area contributed by atoms with Crippen molar-refractivity contribution in [2.45, 2.75) is 30.1 Å². The Morgan fingerprint density at radius 3 is 2.30 bits per heavy atom. The Bertz CT molecular complexity index is 1190. The molecule has 0 spiro atoms. The molecule has 0 fully saturated rings. The summed E-state index contributed by atoms with van der Waals surface area (Å²) in [7, 11) is -3.92. The van der Waals surface area contributed by atoms with E-state index >= 15 is 0 Å². The molecule has 3 rings (SSSR count). The number of aromatic hydroxyl groups is 2. The van der Waals surface area contributed by atoms with Gasteiger partial charge in [0.15, 0.2) is 0 Å². The van der Waals surface area contributed by atoms with Gasteiger partial charge in [-0.15, -0.1) is 0 Å². The monoisotopic (exact) mass is 492 g/mol. The van der Waals surface area contributed by atoms with E-state index in [0.29, 0.717) is 18.4 Å². The third-order valence-electron chi connectivity index (χ3n) is 4.97. The summed E-state index contributed by atoms with van der Waals surface area (Å²) in [4.78, 5) is 0.0371. The number of hydrogen-bond donors (Lipinski definition) is 6. The van der Waals surface area contributed by atoms with Gasteiger partial charge in [-0.05, 0) is 60.4 Å². The number of phenols is 2. The summed E-state index contributed by atoms with van der Waals surface area (Å²) >= 11 is 5.88. The fourth-order valence-corrected chi connectivity index (χ4v) is 4.41. The second-order valence-electron chi connectivity index (χ2n) is 7.46. The van der Waals surface area contributed by atoms with Gasteiger partial charge in [-0.2, -0.15) is 0 Å². The van der Waals surface area contributed by atoms with Crippen molar-refractivity contribution in [1.29, 1.82) is 0 Å². The molecule has 3 aromatic carbocycles. The van der Waals surface area contributed by atoms with Crippen LogP contribution in [0.1, 0.15) is 23.7 Å². The molecule has 0 unspecified atom stereocenters. The Labute approximate surface area is 197 Å². The average molecular weight is 493 g/mol. The second kappa shape index (κ2) is 10.9. The van der Waals surface area contributed by atoms with Gasteiger partial charge in [0.25, 0.3) is 10.0 Å². The van der Waals surface area contributed by atoms with E-state index in [2.05, 4.69) is 10.0 Å². The van der Waals surface area contributed by atoms with Crippen LogP contribution in [-0.2, 0) is 16.4 Å². The largest absolute Gasteiger partial charge is 0.506 e. The van der Waals surface area contributed by atoms with Gasteiger partial charge in [0, 0.05) is 6.54 Å². The highest BCUT2D eigenvalue weighted by Gasteiger charge is 2.18. The molecule has 2 atom stereocenters. The number of anilines is 1. The number of aryl methyl sites for hydroxylation is 1. The number of hydrogen-bond acceptors (Lipinski definition) is 7. The summed E-state index contributed by atoms with van der Waals surface area (Å²) < 4.78 is 27.4. The molecule has 0 amide bonds. The van der Waals surface area contributed by atoms with E-state index in [-0.39, 0.29) is 33.6 Å². The van der Waals surface area contributed by atoms with Crippen molar-refractivity contribution >= 4 is 27.3 Å². The van der Waals surface area contributed by atoms with Crippen LogP contribution < -0.4 is 10.0 Å². The molecule has 33 heavy (non-hydrogen) atoms. The lowest BCUT2D eigenvalue weighted by molar-refractivity contribution is 0.0961. The van der Waals surface area contributed by atoms with Crippen LogP contribution in [0.5, 0.6) is 11.5 Å². The molecule has 0 radical (unpaired) electrons. The van der Waals surface area contributed by atoms with E-state index in [4.69, 9.17) is 11.6 Å². The number of rotatable bonds is 10. The molecule has 6 N–H and O–H groups in total. The van der Waals surface area contributed by atoms with Crippen LogP contribution in [0.15, 0.2) is 71.6 Å². The summed E-state index contributed by atoms with van der Waals surface area (Å²) in [6, 6.07) is 16.6.